The van der Waals surface area contributed by atoms with Crippen LogP contribution in [0.3, 0.4) is 0 Å². The normalized spacial score (nSPS) is 22.9. The molecule has 5 heteroatoms. The second-order valence-electron chi connectivity index (χ2n) is 7.23. The van der Waals surface area contributed by atoms with Gasteiger partial charge in [0.25, 0.3) is 0 Å². The molecule has 2 atom stereocenters. The average Bonchev–Trinajstić information content (AvgIpc) is 3.30. The van der Waals surface area contributed by atoms with Crippen LogP contribution in [-0.2, 0) is 16.1 Å². The van der Waals surface area contributed by atoms with Gasteiger partial charge in [0.1, 0.15) is 12.4 Å². The van der Waals surface area contributed by atoms with Crippen molar-refractivity contribution in [2.24, 2.45) is 5.92 Å². The molecule has 25 heavy (non-hydrogen) atoms. The molecule has 2 heterocycles. The second kappa shape index (κ2) is 9.20. The summed E-state index contributed by atoms with van der Waals surface area (Å²) in [6.45, 7) is 6.12. The number of hydrogen-bond acceptors (Lipinski definition) is 4. The van der Waals surface area contributed by atoms with E-state index < -0.39 is 0 Å². The van der Waals surface area contributed by atoms with Gasteiger partial charge in [0.05, 0.1) is 6.10 Å². The SMILES string of the molecule is Cc1ccc(CNC(=O)CCC2CCNC2)c(OCC2CCCO2)c1. The van der Waals surface area contributed by atoms with Gasteiger partial charge in [-0.1, -0.05) is 12.1 Å². The molecule has 0 spiro atoms. The smallest absolute Gasteiger partial charge is 0.220 e. The van der Waals surface area contributed by atoms with Gasteiger partial charge < -0.3 is 20.1 Å². The molecular formula is C20H30N2O3. The van der Waals surface area contributed by atoms with Crippen LogP contribution in [0.1, 0.15) is 43.2 Å². The number of carbonyl (C=O) groups is 1. The molecule has 0 radical (unpaired) electrons. The summed E-state index contributed by atoms with van der Waals surface area (Å²) in [5.74, 6) is 1.63. The van der Waals surface area contributed by atoms with Crippen LogP contribution in [0.2, 0.25) is 0 Å². The first-order valence-electron chi connectivity index (χ1n) is 9.52. The molecule has 5 nitrogen and oxygen atoms in total. The van der Waals surface area contributed by atoms with Crippen LogP contribution in [0.5, 0.6) is 5.75 Å². The molecule has 2 fully saturated rings. The Morgan fingerprint density at radius 2 is 2.32 bits per heavy atom. The lowest BCUT2D eigenvalue weighted by Gasteiger charge is -2.16. The first kappa shape index (κ1) is 18.2. The van der Waals surface area contributed by atoms with E-state index in [0.717, 1.165) is 55.8 Å². The fourth-order valence-electron chi connectivity index (χ4n) is 3.48. The van der Waals surface area contributed by atoms with Crippen LogP contribution in [0.4, 0.5) is 0 Å². The average molecular weight is 346 g/mol. The van der Waals surface area contributed by atoms with Crippen LogP contribution in [0, 0.1) is 12.8 Å². The third kappa shape index (κ3) is 5.72. The van der Waals surface area contributed by atoms with Crippen molar-refractivity contribution in [2.45, 2.75) is 51.7 Å². The number of rotatable bonds is 8. The standard InChI is InChI=1S/C20H30N2O3/c1-15-4-6-17(19(11-15)25-14-18-3-2-10-24-18)13-22-20(23)7-5-16-8-9-21-12-16/h4,6,11,16,18,21H,2-3,5,7-10,12-14H2,1H3,(H,22,23). The number of aryl methyl sites for hydroxylation is 1. The van der Waals surface area contributed by atoms with Gasteiger partial charge in [-0.05, 0) is 63.2 Å². The Labute approximate surface area is 150 Å². The lowest BCUT2D eigenvalue weighted by atomic mass is 10.0. The molecule has 138 valence electrons. The Kier molecular flexibility index (Phi) is 6.70. The van der Waals surface area contributed by atoms with Gasteiger partial charge in [0.2, 0.25) is 5.91 Å². The number of ether oxygens (including phenoxy) is 2. The van der Waals surface area contributed by atoms with E-state index in [0.29, 0.717) is 25.5 Å². The molecule has 2 unspecified atom stereocenters. The fraction of sp³-hybridized carbons (Fsp3) is 0.650. The summed E-state index contributed by atoms with van der Waals surface area (Å²) in [6.07, 6.45) is 5.13. The van der Waals surface area contributed by atoms with Crippen molar-refractivity contribution >= 4 is 5.91 Å². The lowest BCUT2D eigenvalue weighted by molar-refractivity contribution is -0.121. The minimum atomic E-state index is 0.123. The molecule has 1 aromatic carbocycles. The topological polar surface area (TPSA) is 59.6 Å². The highest BCUT2D eigenvalue weighted by Gasteiger charge is 2.18. The van der Waals surface area contributed by atoms with Crippen molar-refractivity contribution in [3.8, 4) is 5.75 Å². The van der Waals surface area contributed by atoms with Crippen LogP contribution >= 0.6 is 0 Å². The first-order chi connectivity index (χ1) is 12.2. The molecule has 0 saturated carbocycles. The van der Waals surface area contributed by atoms with Crippen LogP contribution in [-0.4, -0.2) is 38.3 Å². The zero-order valence-electron chi connectivity index (χ0n) is 15.2. The molecule has 2 aliphatic rings. The Morgan fingerprint density at radius 3 is 3.08 bits per heavy atom. The van der Waals surface area contributed by atoms with Crippen molar-refractivity contribution in [3.63, 3.8) is 0 Å². The summed E-state index contributed by atoms with van der Waals surface area (Å²) in [6, 6.07) is 6.15. The van der Waals surface area contributed by atoms with Crippen molar-refractivity contribution < 1.29 is 14.3 Å². The first-order valence-corrected chi connectivity index (χ1v) is 9.52. The molecule has 2 N–H and O–H groups in total. The Balaban J connectivity index is 1.47. The molecule has 2 saturated heterocycles. The molecule has 1 amide bonds. The number of benzene rings is 1. The lowest BCUT2D eigenvalue weighted by Crippen LogP contribution is -2.24. The zero-order chi connectivity index (χ0) is 17.5. The van der Waals surface area contributed by atoms with E-state index in [1.807, 2.05) is 12.1 Å². The van der Waals surface area contributed by atoms with Crippen molar-refractivity contribution in [2.75, 3.05) is 26.3 Å². The largest absolute Gasteiger partial charge is 0.491 e. The number of hydrogen-bond donors (Lipinski definition) is 2. The quantitative estimate of drug-likeness (QED) is 0.759. The van der Waals surface area contributed by atoms with E-state index in [9.17, 15) is 4.79 Å². The predicted molar refractivity (Wildman–Crippen MR) is 97.7 cm³/mol. The summed E-state index contributed by atoms with van der Waals surface area (Å²) in [7, 11) is 0. The van der Waals surface area contributed by atoms with Crippen LogP contribution in [0.25, 0.3) is 0 Å². The number of carbonyl (C=O) groups excluding carboxylic acids is 1. The number of nitrogens with one attached hydrogen (secondary N) is 2. The van der Waals surface area contributed by atoms with Gasteiger partial charge in [0.15, 0.2) is 0 Å². The maximum absolute atomic E-state index is 12.1. The van der Waals surface area contributed by atoms with Gasteiger partial charge in [-0.15, -0.1) is 0 Å². The van der Waals surface area contributed by atoms with E-state index in [1.54, 1.807) is 0 Å². The Bertz CT molecular complexity index is 564. The molecular weight excluding hydrogens is 316 g/mol. The monoisotopic (exact) mass is 346 g/mol. The molecule has 0 bridgehead atoms. The maximum Gasteiger partial charge on any atom is 0.220 e. The van der Waals surface area contributed by atoms with E-state index in [1.165, 1.54) is 6.42 Å². The minimum absolute atomic E-state index is 0.123. The van der Waals surface area contributed by atoms with Crippen molar-refractivity contribution in [1.29, 1.82) is 0 Å². The van der Waals surface area contributed by atoms with E-state index >= 15 is 0 Å². The summed E-state index contributed by atoms with van der Waals surface area (Å²) in [5.41, 5.74) is 2.19. The third-order valence-corrected chi connectivity index (χ3v) is 5.09. The Morgan fingerprint density at radius 1 is 1.40 bits per heavy atom. The highest BCUT2D eigenvalue weighted by Crippen LogP contribution is 2.22. The van der Waals surface area contributed by atoms with Crippen LogP contribution < -0.4 is 15.4 Å². The molecule has 3 rings (SSSR count). The van der Waals surface area contributed by atoms with Gasteiger partial charge in [-0.2, -0.15) is 0 Å². The van der Waals surface area contributed by atoms with Gasteiger partial charge in [-0.3, -0.25) is 4.79 Å². The van der Waals surface area contributed by atoms with E-state index in [2.05, 4.69) is 23.6 Å². The van der Waals surface area contributed by atoms with Crippen LogP contribution in [0.15, 0.2) is 18.2 Å². The highest BCUT2D eigenvalue weighted by molar-refractivity contribution is 5.75. The summed E-state index contributed by atoms with van der Waals surface area (Å²) >= 11 is 0. The molecule has 0 aromatic heterocycles. The summed E-state index contributed by atoms with van der Waals surface area (Å²) in [4.78, 5) is 12.1. The Hall–Kier alpha value is -1.59. The zero-order valence-corrected chi connectivity index (χ0v) is 15.2. The van der Waals surface area contributed by atoms with E-state index in [4.69, 9.17) is 9.47 Å². The van der Waals surface area contributed by atoms with Gasteiger partial charge in [0, 0.05) is 25.1 Å². The fourth-order valence-corrected chi connectivity index (χ4v) is 3.48. The van der Waals surface area contributed by atoms with Gasteiger partial charge >= 0.3 is 0 Å². The van der Waals surface area contributed by atoms with Crippen molar-refractivity contribution in [1.82, 2.24) is 10.6 Å². The third-order valence-electron chi connectivity index (χ3n) is 5.09. The molecule has 1 aromatic rings. The predicted octanol–water partition coefficient (Wildman–Crippen LogP) is 2.56. The van der Waals surface area contributed by atoms with Gasteiger partial charge in [-0.25, -0.2) is 0 Å². The highest BCUT2D eigenvalue weighted by atomic mass is 16.5. The van der Waals surface area contributed by atoms with Crippen molar-refractivity contribution in [3.05, 3.63) is 29.3 Å². The summed E-state index contributed by atoms with van der Waals surface area (Å²) in [5, 5.41) is 6.39. The maximum atomic E-state index is 12.1. The molecule has 2 aliphatic heterocycles. The molecule has 0 aliphatic carbocycles. The second-order valence-corrected chi connectivity index (χ2v) is 7.23. The summed E-state index contributed by atoms with van der Waals surface area (Å²) < 4.78 is 11.6. The number of amides is 1. The minimum Gasteiger partial charge on any atom is -0.491 e. The van der Waals surface area contributed by atoms with E-state index in [-0.39, 0.29) is 12.0 Å².